The van der Waals surface area contributed by atoms with Gasteiger partial charge >= 0.3 is 0 Å². The maximum absolute atomic E-state index is 9.42. The molecule has 0 radical (unpaired) electrons. The summed E-state index contributed by atoms with van der Waals surface area (Å²) in [6, 6.07) is 0. The summed E-state index contributed by atoms with van der Waals surface area (Å²) < 4.78 is 0. The fourth-order valence-corrected chi connectivity index (χ4v) is 0.384. The molecule has 0 fully saturated rings. The molecule has 0 heterocycles. The van der Waals surface area contributed by atoms with Crippen LogP contribution in [0.2, 0.25) is 0 Å². The summed E-state index contributed by atoms with van der Waals surface area (Å²) in [6.45, 7) is 5.87. The van der Waals surface area contributed by atoms with Crippen LogP contribution in [0.25, 0.3) is 0 Å². The van der Waals surface area contributed by atoms with E-state index in [2.05, 4.69) is 11.8 Å². The van der Waals surface area contributed by atoms with Crippen molar-refractivity contribution in [3.8, 4) is 11.8 Å². The predicted octanol–water partition coefficient (Wildman–Crippen LogP) is -0.107. The largest absolute Gasteiger partial charge is 0.389 e. The molecule has 0 aliphatic heterocycles. The standard InChI is InChI=1S/C9H16O3/c1-7(10)9(4,12)6-5-8(2,3)11/h7,10-12H,1-4H3. The lowest BCUT2D eigenvalue weighted by molar-refractivity contribution is -0.00843. The molecule has 3 N–H and O–H groups in total. The van der Waals surface area contributed by atoms with Gasteiger partial charge in [-0.15, -0.1) is 0 Å². The van der Waals surface area contributed by atoms with E-state index in [4.69, 9.17) is 5.11 Å². The van der Waals surface area contributed by atoms with Crippen LogP contribution in [-0.2, 0) is 0 Å². The van der Waals surface area contributed by atoms with Crippen molar-refractivity contribution in [1.29, 1.82) is 0 Å². The average molecular weight is 172 g/mol. The van der Waals surface area contributed by atoms with Gasteiger partial charge in [-0.2, -0.15) is 0 Å². The number of hydrogen-bond donors (Lipinski definition) is 3. The lowest BCUT2D eigenvalue weighted by atomic mass is 10.00. The van der Waals surface area contributed by atoms with Crippen LogP contribution >= 0.6 is 0 Å². The molecule has 0 aliphatic carbocycles. The molecule has 0 aromatic carbocycles. The zero-order chi connectivity index (χ0) is 9.99. The second kappa shape index (κ2) is 3.44. The first kappa shape index (κ1) is 11.4. The smallest absolute Gasteiger partial charge is 0.148 e. The SMILES string of the molecule is CC(O)C(C)(O)C#CC(C)(C)O. The van der Waals surface area contributed by atoms with Crippen LogP contribution in [0.4, 0.5) is 0 Å². The van der Waals surface area contributed by atoms with Crippen molar-refractivity contribution >= 4 is 0 Å². The van der Waals surface area contributed by atoms with Crippen LogP contribution in [0.5, 0.6) is 0 Å². The number of aliphatic hydroxyl groups excluding tert-OH is 1. The fourth-order valence-electron chi connectivity index (χ4n) is 0.384. The molecule has 0 amide bonds. The quantitative estimate of drug-likeness (QED) is 0.484. The van der Waals surface area contributed by atoms with Gasteiger partial charge in [0.25, 0.3) is 0 Å². The molecule has 0 aliphatic rings. The van der Waals surface area contributed by atoms with Gasteiger partial charge in [0.15, 0.2) is 0 Å². The van der Waals surface area contributed by atoms with Crippen LogP contribution in [-0.4, -0.2) is 32.6 Å². The highest BCUT2D eigenvalue weighted by molar-refractivity contribution is 5.19. The van der Waals surface area contributed by atoms with Gasteiger partial charge in [-0.05, 0) is 27.7 Å². The number of rotatable bonds is 1. The van der Waals surface area contributed by atoms with E-state index >= 15 is 0 Å². The van der Waals surface area contributed by atoms with Crippen LogP contribution in [0.3, 0.4) is 0 Å². The molecular formula is C9H16O3. The highest BCUT2D eigenvalue weighted by Gasteiger charge is 2.24. The minimum Gasteiger partial charge on any atom is -0.389 e. The van der Waals surface area contributed by atoms with Crippen molar-refractivity contribution < 1.29 is 15.3 Å². The Morgan fingerprint density at radius 3 is 1.75 bits per heavy atom. The molecule has 2 atom stereocenters. The molecule has 12 heavy (non-hydrogen) atoms. The lowest BCUT2D eigenvalue weighted by Gasteiger charge is -2.20. The third-order valence-corrected chi connectivity index (χ3v) is 1.43. The van der Waals surface area contributed by atoms with Crippen LogP contribution < -0.4 is 0 Å². The summed E-state index contributed by atoms with van der Waals surface area (Å²) in [5.74, 6) is 4.84. The molecule has 0 rings (SSSR count). The van der Waals surface area contributed by atoms with Gasteiger partial charge in [0.05, 0.1) is 6.10 Å². The van der Waals surface area contributed by atoms with Crippen LogP contribution in [0.1, 0.15) is 27.7 Å². The Kier molecular flexibility index (Phi) is 3.28. The van der Waals surface area contributed by atoms with E-state index in [-0.39, 0.29) is 0 Å². The summed E-state index contributed by atoms with van der Waals surface area (Å²) in [4.78, 5) is 0. The highest BCUT2D eigenvalue weighted by atomic mass is 16.3. The fraction of sp³-hybridized carbons (Fsp3) is 0.778. The summed E-state index contributed by atoms with van der Waals surface area (Å²) in [5.41, 5.74) is -2.60. The second-order valence-electron chi connectivity index (χ2n) is 3.63. The van der Waals surface area contributed by atoms with Crippen molar-refractivity contribution in [2.24, 2.45) is 0 Å². The Morgan fingerprint density at radius 2 is 1.50 bits per heavy atom. The van der Waals surface area contributed by atoms with Crippen LogP contribution in [0.15, 0.2) is 0 Å². The first-order chi connectivity index (χ1) is 5.15. The normalized spacial score (nSPS) is 18.9. The van der Waals surface area contributed by atoms with E-state index in [1.807, 2.05) is 0 Å². The van der Waals surface area contributed by atoms with E-state index in [0.717, 1.165) is 0 Å². The molecular weight excluding hydrogens is 156 g/mol. The van der Waals surface area contributed by atoms with E-state index in [9.17, 15) is 10.2 Å². The van der Waals surface area contributed by atoms with Crippen molar-refractivity contribution in [2.45, 2.75) is 45.0 Å². The Labute approximate surface area is 73.0 Å². The summed E-state index contributed by atoms with van der Waals surface area (Å²) >= 11 is 0. The Hall–Kier alpha value is -0.560. The monoisotopic (exact) mass is 172 g/mol. The molecule has 2 unspecified atom stereocenters. The van der Waals surface area contributed by atoms with Gasteiger partial charge in [-0.25, -0.2) is 0 Å². The van der Waals surface area contributed by atoms with E-state index in [1.165, 1.54) is 27.7 Å². The van der Waals surface area contributed by atoms with Crippen molar-refractivity contribution in [2.75, 3.05) is 0 Å². The third kappa shape index (κ3) is 4.35. The molecule has 0 aromatic rings. The van der Waals surface area contributed by atoms with Gasteiger partial charge in [-0.3, -0.25) is 0 Å². The zero-order valence-electron chi connectivity index (χ0n) is 7.92. The molecule has 3 nitrogen and oxygen atoms in total. The van der Waals surface area contributed by atoms with Gasteiger partial charge in [0, 0.05) is 0 Å². The summed E-state index contributed by atoms with van der Waals surface area (Å²) in [5, 5.41) is 27.7. The first-order valence-corrected chi connectivity index (χ1v) is 3.82. The van der Waals surface area contributed by atoms with Crippen LogP contribution in [0, 0.1) is 11.8 Å². The van der Waals surface area contributed by atoms with E-state index in [1.54, 1.807) is 0 Å². The zero-order valence-corrected chi connectivity index (χ0v) is 7.92. The van der Waals surface area contributed by atoms with Gasteiger partial charge in [0.1, 0.15) is 11.2 Å². The van der Waals surface area contributed by atoms with E-state index < -0.39 is 17.3 Å². The van der Waals surface area contributed by atoms with Gasteiger partial charge in [-0.1, -0.05) is 11.8 Å². The maximum atomic E-state index is 9.42. The maximum Gasteiger partial charge on any atom is 0.148 e. The second-order valence-corrected chi connectivity index (χ2v) is 3.63. The summed E-state index contributed by atoms with van der Waals surface area (Å²) in [6.07, 6.45) is -0.938. The Balaban J connectivity index is 4.50. The Morgan fingerprint density at radius 1 is 1.08 bits per heavy atom. The highest BCUT2D eigenvalue weighted by Crippen LogP contribution is 2.08. The van der Waals surface area contributed by atoms with Gasteiger partial charge in [0.2, 0.25) is 0 Å². The minimum atomic E-state index is -1.46. The predicted molar refractivity (Wildman–Crippen MR) is 46.4 cm³/mol. The Bertz CT molecular complexity index is 200. The van der Waals surface area contributed by atoms with Crippen molar-refractivity contribution in [3.63, 3.8) is 0 Å². The minimum absolute atomic E-state index is 0.938. The molecule has 0 saturated heterocycles. The molecule has 0 saturated carbocycles. The lowest BCUT2D eigenvalue weighted by Crippen LogP contribution is -2.36. The summed E-state index contributed by atoms with van der Waals surface area (Å²) in [7, 11) is 0. The molecule has 70 valence electrons. The molecule has 0 spiro atoms. The number of aliphatic hydroxyl groups is 3. The van der Waals surface area contributed by atoms with E-state index in [0.29, 0.717) is 0 Å². The average Bonchev–Trinajstić information content (AvgIpc) is 1.82. The molecule has 0 bridgehead atoms. The molecule has 0 aromatic heterocycles. The molecule has 3 heteroatoms. The third-order valence-electron chi connectivity index (χ3n) is 1.43. The topological polar surface area (TPSA) is 60.7 Å². The first-order valence-electron chi connectivity index (χ1n) is 3.82. The van der Waals surface area contributed by atoms with Gasteiger partial charge < -0.3 is 15.3 Å². The van der Waals surface area contributed by atoms with Crippen molar-refractivity contribution in [3.05, 3.63) is 0 Å². The van der Waals surface area contributed by atoms with Crippen molar-refractivity contribution in [1.82, 2.24) is 0 Å². The number of hydrogen-bond acceptors (Lipinski definition) is 3.